The molecule has 4 N–H and O–H groups in total. The van der Waals surface area contributed by atoms with Crippen LogP contribution in [0.4, 0.5) is 8.78 Å². The molecule has 90 valence electrons. The second-order valence-electron chi connectivity index (χ2n) is 2.75. The van der Waals surface area contributed by atoms with Crippen LogP contribution in [0.25, 0.3) is 0 Å². The first-order chi connectivity index (χ1) is 6.90. The van der Waals surface area contributed by atoms with E-state index in [1.165, 1.54) is 0 Å². The van der Waals surface area contributed by atoms with E-state index in [1.54, 1.807) is 4.72 Å². The van der Waals surface area contributed by atoms with Crippen LogP contribution in [0.3, 0.4) is 0 Å². The zero-order chi connectivity index (χ0) is 11.9. The number of halogens is 2. The Kier molecular flexibility index (Phi) is 6.09. The van der Waals surface area contributed by atoms with E-state index in [0.29, 0.717) is 12.8 Å². The lowest BCUT2D eigenvalue weighted by molar-refractivity contribution is 0.232. The molecule has 0 atom stereocenters. The van der Waals surface area contributed by atoms with Gasteiger partial charge in [-0.2, -0.15) is 8.78 Å². The first-order valence-corrected chi connectivity index (χ1v) is 5.68. The second-order valence-corrected chi connectivity index (χ2v) is 4.48. The van der Waals surface area contributed by atoms with E-state index < -0.39 is 15.8 Å². The third-order valence-corrected chi connectivity index (χ3v) is 2.60. The van der Waals surface area contributed by atoms with Gasteiger partial charge in [-0.25, -0.2) is 13.1 Å². The van der Waals surface area contributed by atoms with Gasteiger partial charge >= 0.3 is 5.76 Å². The standard InChI is InChI=1S/C6H13F2N3O3S/c7-6(8)15(13,14)10-4-2-1-3-5(9)11-12/h6,10,12H,1-4H2,(H2,9,11). The minimum Gasteiger partial charge on any atom is -0.409 e. The van der Waals surface area contributed by atoms with Gasteiger partial charge in [0.25, 0.3) is 10.0 Å². The largest absolute Gasteiger partial charge is 0.409 e. The number of rotatable bonds is 7. The Morgan fingerprint density at radius 1 is 1.47 bits per heavy atom. The lowest BCUT2D eigenvalue weighted by atomic mass is 10.2. The van der Waals surface area contributed by atoms with Crippen LogP contribution in [0.15, 0.2) is 5.16 Å². The van der Waals surface area contributed by atoms with Gasteiger partial charge in [0.15, 0.2) is 0 Å². The highest BCUT2D eigenvalue weighted by Crippen LogP contribution is 2.02. The first kappa shape index (κ1) is 14.0. The van der Waals surface area contributed by atoms with Crippen molar-refractivity contribution < 1.29 is 22.4 Å². The average molecular weight is 245 g/mol. The van der Waals surface area contributed by atoms with Crippen molar-refractivity contribution in [1.29, 1.82) is 0 Å². The number of sulfonamides is 1. The smallest absolute Gasteiger partial charge is 0.350 e. The summed E-state index contributed by atoms with van der Waals surface area (Å²) in [6, 6.07) is 0. The topological polar surface area (TPSA) is 105 Å². The number of unbranched alkanes of at least 4 members (excludes halogenated alkanes) is 1. The summed E-state index contributed by atoms with van der Waals surface area (Å²) in [6.45, 7) is -0.0919. The van der Waals surface area contributed by atoms with E-state index in [4.69, 9.17) is 10.9 Å². The minimum absolute atomic E-state index is 0.0201. The Hall–Kier alpha value is -0.960. The molecule has 0 radical (unpaired) electrons. The fourth-order valence-electron chi connectivity index (χ4n) is 0.759. The maximum Gasteiger partial charge on any atom is 0.350 e. The highest BCUT2D eigenvalue weighted by Gasteiger charge is 2.22. The average Bonchev–Trinajstić information content (AvgIpc) is 2.16. The van der Waals surface area contributed by atoms with E-state index in [2.05, 4.69) is 5.16 Å². The summed E-state index contributed by atoms with van der Waals surface area (Å²) in [5, 5.41) is 10.8. The van der Waals surface area contributed by atoms with Crippen molar-refractivity contribution in [2.24, 2.45) is 10.9 Å². The van der Waals surface area contributed by atoms with E-state index in [-0.39, 0.29) is 18.8 Å². The van der Waals surface area contributed by atoms with Gasteiger partial charge in [0.1, 0.15) is 5.84 Å². The maximum atomic E-state index is 11.8. The van der Waals surface area contributed by atoms with E-state index in [9.17, 15) is 17.2 Å². The van der Waals surface area contributed by atoms with Crippen molar-refractivity contribution in [1.82, 2.24) is 4.72 Å². The molecule has 6 nitrogen and oxygen atoms in total. The summed E-state index contributed by atoms with van der Waals surface area (Å²) in [5.74, 6) is -3.40. The predicted octanol–water partition coefficient (Wildman–Crippen LogP) is 0.0451. The molecule has 0 amide bonds. The molecule has 0 fully saturated rings. The molecule has 0 rings (SSSR count). The van der Waals surface area contributed by atoms with Gasteiger partial charge < -0.3 is 10.9 Å². The molecule has 0 aromatic heterocycles. The van der Waals surface area contributed by atoms with Crippen LogP contribution in [-0.2, 0) is 10.0 Å². The number of hydrogen-bond acceptors (Lipinski definition) is 4. The van der Waals surface area contributed by atoms with Crippen LogP contribution in [0.2, 0.25) is 0 Å². The summed E-state index contributed by atoms with van der Waals surface area (Å²) in [6.07, 6.45) is 1.07. The van der Waals surface area contributed by atoms with E-state index >= 15 is 0 Å². The van der Waals surface area contributed by atoms with Gasteiger partial charge in [0.05, 0.1) is 0 Å². The molecule has 9 heteroatoms. The van der Waals surface area contributed by atoms with Gasteiger partial charge in [0, 0.05) is 13.0 Å². The summed E-state index contributed by atoms with van der Waals surface area (Å²) < 4.78 is 46.4. The molecule has 0 bridgehead atoms. The summed E-state index contributed by atoms with van der Waals surface area (Å²) in [5.41, 5.74) is 5.13. The molecular weight excluding hydrogens is 232 g/mol. The Morgan fingerprint density at radius 2 is 2.07 bits per heavy atom. The van der Waals surface area contributed by atoms with Gasteiger partial charge in [-0.05, 0) is 12.8 Å². The van der Waals surface area contributed by atoms with Crippen LogP contribution in [0.1, 0.15) is 19.3 Å². The minimum atomic E-state index is -4.50. The molecule has 0 aliphatic carbocycles. The fraction of sp³-hybridized carbons (Fsp3) is 0.833. The van der Waals surface area contributed by atoms with Gasteiger partial charge in [-0.15, -0.1) is 0 Å². The molecule has 0 heterocycles. The molecule has 0 aromatic rings. The number of alkyl halides is 2. The normalized spacial score (nSPS) is 13.4. The lowest BCUT2D eigenvalue weighted by Gasteiger charge is -2.04. The Bertz CT molecular complexity index is 305. The summed E-state index contributed by atoms with van der Waals surface area (Å²) in [4.78, 5) is 0. The Balaban J connectivity index is 3.65. The molecule has 0 aliphatic rings. The lowest BCUT2D eigenvalue weighted by Crippen LogP contribution is -2.30. The number of nitrogens with one attached hydrogen (secondary N) is 1. The number of amidine groups is 1. The summed E-state index contributed by atoms with van der Waals surface area (Å²) in [7, 11) is -4.50. The first-order valence-electron chi connectivity index (χ1n) is 4.13. The van der Waals surface area contributed by atoms with Gasteiger partial charge in [-0.1, -0.05) is 5.16 Å². The zero-order valence-electron chi connectivity index (χ0n) is 7.86. The molecule has 0 aliphatic heterocycles. The molecule has 0 unspecified atom stereocenters. The van der Waals surface area contributed by atoms with Crippen molar-refractivity contribution in [2.45, 2.75) is 25.0 Å². The maximum absolute atomic E-state index is 11.8. The molecule has 15 heavy (non-hydrogen) atoms. The molecular formula is C6H13F2N3O3S. The van der Waals surface area contributed by atoms with Crippen molar-refractivity contribution in [3.8, 4) is 0 Å². The van der Waals surface area contributed by atoms with Gasteiger partial charge in [-0.3, -0.25) is 0 Å². The van der Waals surface area contributed by atoms with E-state index in [1.807, 2.05) is 0 Å². The zero-order valence-corrected chi connectivity index (χ0v) is 8.67. The van der Waals surface area contributed by atoms with Crippen molar-refractivity contribution in [2.75, 3.05) is 6.54 Å². The molecule has 0 saturated carbocycles. The highest BCUT2D eigenvalue weighted by atomic mass is 32.2. The van der Waals surface area contributed by atoms with Crippen molar-refractivity contribution in [3.05, 3.63) is 0 Å². The fourth-order valence-corrected chi connectivity index (χ4v) is 1.31. The van der Waals surface area contributed by atoms with Crippen molar-refractivity contribution in [3.63, 3.8) is 0 Å². The Labute approximate surface area is 86.2 Å². The third-order valence-electron chi connectivity index (χ3n) is 1.53. The van der Waals surface area contributed by atoms with Crippen LogP contribution < -0.4 is 10.5 Å². The van der Waals surface area contributed by atoms with Gasteiger partial charge in [0.2, 0.25) is 0 Å². The Morgan fingerprint density at radius 3 is 2.53 bits per heavy atom. The number of nitrogens with two attached hydrogens (primary N) is 1. The molecule has 0 spiro atoms. The van der Waals surface area contributed by atoms with Crippen molar-refractivity contribution >= 4 is 15.9 Å². The highest BCUT2D eigenvalue weighted by molar-refractivity contribution is 7.89. The SMILES string of the molecule is NC(CCCCNS(=O)(=O)C(F)F)=NO. The number of oxime groups is 1. The van der Waals surface area contributed by atoms with Crippen LogP contribution in [0, 0.1) is 0 Å². The summed E-state index contributed by atoms with van der Waals surface area (Å²) >= 11 is 0. The van der Waals surface area contributed by atoms with E-state index in [0.717, 1.165) is 0 Å². The van der Waals surface area contributed by atoms with Crippen LogP contribution in [0.5, 0.6) is 0 Å². The molecule has 0 saturated heterocycles. The molecule has 0 aromatic carbocycles. The van der Waals surface area contributed by atoms with Crippen LogP contribution in [-0.4, -0.2) is 31.8 Å². The number of nitrogens with zero attached hydrogens (tertiary/aromatic N) is 1. The monoisotopic (exact) mass is 245 g/mol. The quantitative estimate of drug-likeness (QED) is 0.194. The van der Waals surface area contributed by atoms with Crippen LogP contribution >= 0.6 is 0 Å². The number of hydrogen-bond donors (Lipinski definition) is 3. The second kappa shape index (κ2) is 6.51. The predicted molar refractivity (Wildman–Crippen MR) is 50.2 cm³/mol. The third kappa shape index (κ3) is 6.18.